The Morgan fingerprint density at radius 3 is 2.72 bits per heavy atom. The highest BCUT2D eigenvalue weighted by Crippen LogP contribution is 2.33. The van der Waals surface area contributed by atoms with Gasteiger partial charge in [-0.15, -0.1) is 11.8 Å². The minimum atomic E-state index is 0.0350. The van der Waals surface area contributed by atoms with E-state index in [4.69, 9.17) is 4.74 Å². The van der Waals surface area contributed by atoms with Gasteiger partial charge in [0.15, 0.2) is 0 Å². The fourth-order valence-electron chi connectivity index (χ4n) is 2.33. The van der Waals surface area contributed by atoms with Crippen LogP contribution < -0.4 is 0 Å². The van der Waals surface area contributed by atoms with Crippen LogP contribution in [0.1, 0.15) is 25.3 Å². The first-order chi connectivity index (χ1) is 8.61. The molecule has 0 radical (unpaired) electrons. The molecule has 0 N–H and O–H groups in total. The molecule has 1 aliphatic rings. The summed E-state index contributed by atoms with van der Waals surface area (Å²) in [6, 6.07) is 8.78. The molecule has 0 saturated carbocycles. The van der Waals surface area contributed by atoms with Crippen LogP contribution in [0.5, 0.6) is 0 Å². The van der Waals surface area contributed by atoms with Crippen LogP contribution in [0.3, 0.4) is 0 Å². The first kappa shape index (κ1) is 13.7. The summed E-state index contributed by atoms with van der Waals surface area (Å²) in [7, 11) is 1.82. The molecule has 18 heavy (non-hydrogen) atoms. The molecule has 2 atom stereocenters. The van der Waals surface area contributed by atoms with Gasteiger partial charge in [-0.1, -0.05) is 29.8 Å². The lowest BCUT2D eigenvalue weighted by atomic mass is 9.85. The number of rotatable bonds is 4. The lowest BCUT2D eigenvalue weighted by Crippen LogP contribution is -2.32. The average Bonchev–Trinajstić information content (AvgIpc) is 2.38. The topological polar surface area (TPSA) is 9.23 Å². The minimum Gasteiger partial charge on any atom is -0.378 e. The molecule has 0 bridgehead atoms. The van der Waals surface area contributed by atoms with Gasteiger partial charge in [-0.2, -0.15) is 0 Å². The van der Waals surface area contributed by atoms with Crippen molar-refractivity contribution >= 4 is 11.8 Å². The van der Waals surface area contributed by atoms with Crippen LogP contribution in [0.25, 0.3) is 0 Å². The quantitative estimate of drug-likeness (QED) is 0.585. The molecule has 0 fully saturated rings. The van der Waals surface area contributed by atoms with E-state index in [0.717, 1.165) is 18.6 Å². The van der Waals surface area contributed by atoms with E-state index in [9.17, 15) is 0 Å². The van der Waals surface area contributed by atoms with E-state index in [1.807, 2.05) is 18.9 Å². The van der Waals surface area contributed by atoms with Gasteiger partial charge < -0.3 is 4.74 Å². The number of benzene rings is 1. The zero-order chi connectivity index (χ0) is 13.0. The van der Waals surface area contributed by atoms with Crippen molar-refractivity contribution in [1.82, 2.24) is 0 Å². The number of ether oxygens (including phenoxy) is 1. The summed E-state index contributed by atoms with van der Waals surface area (Å²) in [6.07, 6.45) is 6.78. The maximum absolute atomic E-state index is 5.62. The van der Waals surface area contributed by atoms with Gasteiger partial charge in [-0.05, 0) is 44.7 Å². The Labute approximate surface area is 115 Å². The molecule has 0 saturated heterocycles. The molecule has 98 valence electrons. The van der Waals surface area contributed by atoms with Crippen molar-refractivity contribution in [2.45, 2.75) is 37.2 Å². The molecule has 1 aromatic rings. The summed E-state index contributed by atoms with van der Waals surface area (Å²) >= 11 is 1.94. The van der Waals surface area contributed by atoms with Gasteiger partial charge in [0.1, 0.15) is 0 Å². The lowest BCUT2D eigenvalue weighted by molar-refractivity contribution is -0.00933. The second-order valence-corrected chi connectivity index (χ2v) is 6.47. The summed E-state index contributed by atoms with van der Waals surface area (Å²) < 4.78 is 5.62. The Morgan fingerprint density at radius 1 is 1.33 bits per heavy atom. The molecule has 0 aromatic heterocycles. The molecular weight excluding hydrogens is 240 g/mol. The maximum atomic E-state index is 5.62. The standard InChI is InChI=1S/C16H22OS/c1-13-6-8-15(9-7-13)18-12-14-5-4-10-16(2,11-14)17-3/h4-9,14H,10-12H2,1-3H3/t14-,16+/m1/s1. The summed E-state index contributed by atoms with van der Waals surface area (Å²) in [5.74, 6) is 1.76. The smallest absolute Gasteiger partial charge is 0.0690 e. The minimum absolute atomic E-state index is 0.0350. The first-order valence-electron chi connectivity index (χ1n) is 6.53. The van der Waals surface area contributed by atoms with Gasteiger partial charge in [-0.25, -0.2) is 0 Å². The molecule has 2 heteroatoms. The van der Waals surface area contributed by atoms with Crippen LogP contribution in [0, 0.1) is 12.8 Å². The average molecular weight is 262 g/mol. The third-order valence-electron chi connectivity index (χ3n) is 3.63. The van der Waals surface area contributed by atoms with Gasteiger partial charge in [0.25, 0.3) is 0 Å². The summed E-state index contributed by atoms with van der Waals surface area (Å²) in [6.45, 7) is 4.34. The highest BCUT2D eigenvalue weighted by molar-refractivity contribution is 7.99. The van der Waals surface area contributed by atoms with Gasteiger partial charge in [0.2, 0.25) is 0 Å². The van der Waals surface area contributed by atoms with E-state index in [-0.39, 0.29) is 5.60 Å². The fourth-order valence-corrected chi connectivity index (χ4v) is 3.30. The van der Waals surface area contributed by atoms with Crippen molar-refractivity contribution < 1.29 is 4.74 Å². The number of methoxy groups -OCH3 is 1. The van der Waals surface area contributed by atoms with Gasteiger partial charge in [-0.3, -0.25) is 0 Å². The zero-order valence-corrected chi connectivity index (χ0v) is 12.3. The molecule has 1 nitrogen and oxygen atoms in total. The van der Waals surface area contributed by atoms with Crippen molar-refractivity contribution in [2.24, 2.45) is 5.92 Å². The van der Waals surface area contributed by atoms with Crippen LogP contribution in [0.4, 0.5) is 0 Å². The summed E-state index contributed by atoms with van der Waals surface area (Å²) in [4.78, 5) is 1.36. The van der Waals surface area contributed by atoms with Gasteiger partial charge in [0, 0.05) is 17.8 Å². The summed E-state index contributed by atoms with van der Waals surface area (Å²) in [5, 5.41) is 0. The molecule has 0 spiro atoms. The molecule has 1 aliphatic carbocycles. The molecule has 0 amide bonds. The van der Waals surface area contributed by atoms with E-state index in [1.54, 1.807) is 0 Å². The van der Waals surface area contributed by atoms with Crippen molar-refractivity contribution in [3.05, 3.63) is 42.0 Å². The van der Waals surface area contributed by atoms with Crippen LogP contribution in [0.2, 0.25) is 0 Å². The molecule has 0 heterocycles. The van der Waals surface area contributed by atoms with Crippen LogP contribution in [-0.4, -0.2) is 18.5 Å². The molecule has 1 aromatic carbocycles. The maximum Gasteiger partial charge on any atom is 0.0690 e. The Hall–Kier alpha value is -0.730. The van der Waals surface area contributed by atoms with E-state index in [0.29, 0.717) is 5.92 Å². The van der Waals surface area contributed by atoms with Crippen LogP contribution >= 0.6 is 11.8 Å². The Kier molecular flexibility index (Phi) is 4.52. The second kappa shape index (κ2) is 5.94. The summed E-state index contributed by atoms with van der Waals surface area (Å²) in [5.41, 5.74) is 1.36. The number of allylic oxidation sites excluding steroid dienone is 1. The van der Waals surface area contributed by atoms with E-state index in [1.165, 1.54) is 10.5 Å². The third-order valence-corrected chi connectivity index (χ3v) is 4.83. The first-order valence-corrected chi connectivity index (χ1v) is 7.51. The van der Waals surface area contributed by atoms with Crippen LogP contribution in [0.15, 0.2) is 41.3 Å². The number of aryl methyl sites for hydroxylation is 1. The lowest BCUT2D eigenvalue weighted by Gasteiger charge is -2.33. The van der Waals surface area contributed by atoms with E-state index in [2.05, 4.69) is 50.3 Å². The van der Waals surface area contributed by atoms with Crippen molar-refractivity contribution in [2.75, 3.05) is 12.9 Å². The highest BCUT2D eigenvalue weighted by atomic mass is 32.2. The zero-order valence-electron chi connectivity index (χ0n) is 11.5. The molecular formula is C16H22OS. The number of hydrogen-bond donors (Lipinski definition) is 0. The predicted octanol–water partition coefficient (Wildman–Crippen LogP) is 4.46. The third kappa shape index (κ3) is 3.63. The SMILES string of the molecule is CO[C@@]1(C)CC=C[C@@H](CSc2ccc(C)cc2)C1. The van der Waals surface area contributed by atoms with Crippen molar-refractivity contribution in [3.8, 4) is 0 Å². The number of hydrogen-bond acceptors (Lipinski definition) is 2. The van der Waals surface area contributed by atoms with Crippen molar-refractivity contribution in [3.63, 3.8) is 0 Å². The Morgan fingerprint density at radius 2 is 2.06 bits per heavy atom. The van der Waals surface area contributed by atoms with Gasteiger partial charge >= 0.3 is 0 Å². The van der Waals surface area contributed by atoms with Crippen molar-refractivity contribution in [1.29, 1.82) is 0 Å². The van der Waals surface area contributed by atoms with E-state index >= 15 is 0 Å². The Bertz CT molecular complexity index is 410. The van der Waals surface area contributed by atoms with E-state index < -0.39 is 0 Å². The largest absolute Gasteiger partial charge is 0.378 e. The normalized spacial score (nSPS) is 27.4. The van der Waals surface area contributed by atoms with Gasteiger partial charge in [0.05, 0.1) is 5.60 Å². The predicted molar refractivity (Wildman–Crippen MR) is 79.2 cm³/mol. The molecule has 2 rings (SSSR count). The highest BCUT2D eigenvalue weighted by Gasteiger charge is 2.28. The molecule has 0 aliphatic heterocycles. The second-order valence-electron chi connectivity index (χ2n) is 5.37. The monoisotopic (exact) mass is 262 g/mol. The number of thioether (sulfide) groups is 1. The molecule has 0 unspecified atom stereocenters. The fraction of sp³-hybridized carbons (Fsp3) is 0.500. The van der Waals surface area contributed by atoms with Crippen LogP contribution in [-0.2, 0) is 4.74 Å². The Balaban J connectivity index is 1.89.